The molecular formula is C21H32N4O2S. The number of nitrogens with one attached hydrogen (secondary N) is 1. The first-order valence-corrected chi connectivity index (χ1v) is 11.5. The van der Waals surface area contributed by atoms with Gasteiger partial charge in [0.15, 0.2) is 0 Å². The molecule has 0 spiro atoms. The Labute approximate surface area is 171 Å². The number of nitrogens with zero attached hydrogens (tertiary/aromatic N) is 3. The first-order valence-electron chi connectivity index (χ1n) is 10.7. The molecule has 4 rings (SSSR count). The third-order valence-corrected chi connectivity index (χ3v) is 6.58. The number of hydrogen-bond donors (Lipinski definition) is 1. The van der Waals surface area contributed by atoms with Crippen LogP contribution in [0.1, 0.15) is 49.4 Å². The van der Waals surface area contributed by atoms with E-state index in [1.165, 1.54) is 35.1 Å². The summed E-state index contributed by atoms with van der Waals surface area (Å²) in [5.41, 5.74) is 1.49. The largest absolute Gasteiger partial charge is 0.379 e. The van der Waals surface area contributed by atoms with Crippen molar-refractivity contribution in [3.63, 3.8) is 0 Å². The predicted octanol–water partition coefficient (Wildman–Crippen LogP) is 3.63. The number of aromatic nitrogens is 2. The van der Waals surface area contributed by atoms with Crippen LogP contribution >= 0.6 is 11.3 Å². The van der Waals surface area contributed by atoms with Gasteiger partial charge in [0.1, 0.15) is 16.5 Å². The second kappa shape index (κ2) is 9.48. The number of fused-ring (bicyclic) bond motifs is 3. The van der Waals surface area contributed by atoms with Gasteiger partial charge in [0, 0.05) is 31.1 Å². The minimum Gasteiger partial charge on any atom is -0.379 e. The number of morpholine rings is 1. The van der Waals surface area contributed by atoms with Gasteiger partial charge >= 0.3 is 0 Å². The lowest BCUT2D eigenvalue weighted by Gasteiger charge is -2.25. The fraction of sp³-hybridized carbons (Fsp3) is 0.714. The molecule has 0 aromatic carbocycles. The molecule has 0 amide bonds. The second-order valence-electron chi connectivity index (χ2n) is 7.97. The van der Waals surface area contributed by atoms with Crippen LogP contribution in [0.15, 0.2) is 0 Å². The SMILES string of the molecule is CC(C)OCCCNc1nc(CN2CCOCC2)nc2sc3c(c12)CCCC3. The third-order valence-electron chi connectivity index (χ3n) is 5.39. The van der Waals surface area contributed by atoms with E-state index in [2.05, 4.69) is 24.1 Å². The van der Waals surface area contributed by atoms with Crippen LogP contribution < -0.4 is 5.32 Å². The summed E-state index contributed by atoms with van der Waals surface area (Å²) in [6.07, 6.45) is 6.19. The minimum atomic E-state index is 0.287. The van der Waals surface area contributed by atoms with E-state index < -0.39 is 0 Å². The smallest absolute Gasteiger partial charge is 0.146 e. The van der Waals surface area contributed by atoms with E-state index in [0.717, 1.165) is 75.3 Å². The highest BCUT2D eigenvalue weighted by Crippen LogP contribution is 2.38. The Hall–Kier alpha value is -1.28. The number of thiophene rings is 1. The Kier molecular flexibility index (Phi) is 6.77. The van der Waals surface area contributed by atoms with Crippen LogP contribution in [0.3, 0.4) is 0 Å². The zero-order valence-electron chi connectivity index (χ0n) is 17.1. The summed E-state index contributed by atoms with van der Waals surface area (Å²) in [6.45, 7) is 10.1. The fourth-order valence-corrected chi connectivity index (χ4v) is 5.24. The standard InChI is InChI=1S/C21H32N4O2S/c1-15(2)27-11-5-8-22-20-19-16-6-3-4-7-17(16)28-21(19)24-18(23-20)14-25-9-12-26-13-10-25/h15H,3-14H2,1-2H3,(H,22,23,24). The number of ether oxygens (including phenoxy) is 2. The van der Waals surface area contributed by atoms with Crippen molar-refractivity contribution in [2.24, 2.45) is 0 Å². The summed E-state index contributed by atoms with van der Waals surface area (Å²) >= 11 is 1.88. The molecule has 0 unspecified atom stereocenters. The van der Waals surface area contributed by atoms with Crippen molar-refractivity contribution < 1.29 is 9.47 Å². The third kappa shape index (κ3) is 4.82. The quantitative estimate of drug-likeness (QED) is 0.678. The van der Waals surface area contributed by atoms with E-state index in [4.69, 9.17) is 19.4 Å². The highest BCUT2D eigenvalue weighted by atomic mass is 32.1. The molecule has 3 heterocycles. The molecule has 0 atom stereocenters. The van der Waals surface area contributed by atoms with Gasteiger partial charge in [-0.2, -0.15) is 0 Å². The molecule has 7 heteroatoms. The summed E-state index contributed by atoms with van der Waals surface area (Å²) in [5.74, 6) is 1.95. The van der Waals surface area contributed by atoms with E-state index in [0.29, 0.717) is 0 Å². The number of hydrogen-bond acceptors (Lipinski definition) is 7. The molecule has 1 aliphatic carbocycles. The maximum Gasteiger partial charge on any atom is 0.146 e. The highest BCUT2D eigenvalue weighted by molar-refractivity contribution is 7.19. The van der Waals surface area contributed by atoms with Gasteiger partial charge in [0.05, 0.1) is 31.2 Å². The van der Waals surface area contributed by atoms with Crippen LogP contribution in [0.25, 0.3) is 10.2 Å². The van der Waals surface area contributed by atoms with Gasteiger partial charge in [-0.15, -0.1) is 11.3 Å². The molecule has 1 fully saturated rings. The molecule has 1 aliphatic heterocycles. The Bertz CT molecular complexity index is 786. The molecule has 28 heavy (non-hydrogen) atoms. The van der Waals surface area contributed by atoms with E-state index in [-0.39, 0.29) is 6.10 Å². The number of anilines is 1. The van der Waals surface area contributed by atoms with Crippen LogP contribution in [-0.4, -0.2) is 60.4 Å². The van der Waals surface area contributed by atoms with Gasteiger partial charge in [-0.3, -0.25) is 4.90 Å². The van der Waals surface area contributed by atoms with Crippen LogP contribution in [-0.2, 0) is 28.9 Å². The van der Waals surface area contributed by atoms with Crippen LogP contribution in [0, 0.1) is 0 Å². The lowest BCUT2D eigenvalue weighted by molar-refractivity contribution is 0.0331. The molecule has 0 saturated carbocycles. The predicted molar refractivity (Wildman–Crippen MR) is 114 cm³/mol. The van der Waals surface area contributed by atoms with Crippen molar-refractivity contribution in [1.82, 2.24) is 14.9 Å². The van der Waals surface area contributed by atoms with Crippen LogP contribution in [0.4, 0.5) is 5.82 Å². The Morgan fingerprint density at radius 3 is 2.82 bits per heavy atom. The summed E-state index contributed by atoms with van der Waals surface area (Å²) < 4.78 is 11.2. The first kappa shape index (κ1) is 20.0. The van der Waals surface area contributed by atoms with Crippen molar-refractivity contribution in [3.05, 3.63) is 16.3 Å². The van der Waals surface area contributed by atoms with Gasteiger partial charge in [-0.25, -0.2) is 9.97 Å². The van der Waals surface area contributed by atoms with Crippen LogP contribution in [0.5, 0.6) is 0 Å². The molecule has 6 nitrogen and oxygen atoms in total. The van der Waals surface area contributed by atoms with Crippen molar-refractivity contribution >= 4 is 27.4 Å². The molecule has 2 aliphatic rings. The van der Waals surface area contributed by atoms with E-state index in [9.17, 15) is 0 Å². The van der Waals surface area contributed by atoms with E-state index in [1.807, 2.05) is 11.3 Å². The number of rotatable bonds is 8. The number of aryl methyl sites for hydroxylation is 2. The monoisotopic (exact) mass is 404 g/mol. The average molecular weight is 405 g/mol. The first-order chi connectivity index (χ1) is 13.7. The lowest BCUT2D eigenvalue weighted by Crippen LogP contribution is -2.36. The molecule has 154 valence electrons. The van der Waals surface area contributed by atoms with Gasteiger partial charge < -0.3 is 14.8 Å². The molecule has 1 N–H and O–H groups in total. The Morgan fingerprint density at radius 1 is 1.18 bits per heavy atom. The summed E-state index contributed by atoms with van der Waals surface area (Å²) in [6, 6.07) is 0. The van der Waals surface area contributed by atoms with Gasteiger partial charge in [0.25, 0.3) is 0 Å². The minimum absolute atomic E-state index is 0.287. The molecule has 1 saturated heterocycles. The van der Waals surface area contributed by atoms with E-state index >= 15 is 0 Å². The Balaban J connectivity index is 1.55. The average Bonchev–Trinajstić information content (AvgIpc) is 3.06. The van der Waals surface area contributed by atoms with Crippen molar-refractivity contribution in [3.8, 4) is 0 Å². The maximum absolute atomic E-state index is 5.68. The molecule has 0 radical (unpaired) electrons. The summed E-state index contributed by atoms with van der Waals surface area (Å²) in [7, 11) is 0. The normalized spacial score (nSPS) is 18.0. The fourth-order valence-electron chi connectivity index (χ4n) is 3.96. The molecular weight excluding hydrogens is 372 g/mol. The Morgan fingerprint density at radius 2 is 2.00 bits per heavy atom. The topological polar surface area (TPSA) is 59.5 Å². The van der Waals surface area contributed by atoms with Crippen molar-refractivity contribution in [2.75, 3.05) is 44.8 Å². The maximum atomic E-state index is 5.68. The molecule has 2 aromatic heterocycles. The van der Waals surface area contributed by atoms with Gasteiger partial charge in [-0.05, 0) is 51.5 Å². The van der Waals surface area contributed by atoms with Crippen molar-refractivity contribution in [1.29, 1.82) is 0 Å². The zero-order valence-corrected chi connectivity index (χ0v) is 17.9. The second-order valence-corrected chi connectivity index (χ2v) is 9.05. The summed E-state index contributed by atoms with van der Waals surface area (Å²) in [4.78, 5) is 15.0. The lowest BCUT2D eigenvalue weighted by atomic mass is 9.97. The highest BCUT2D eigenvalue weighted by Gasteiger charge is 2.22. The van der Waals surface area contributed by atoms with Crippen LogP contribution in [0.2, 0.25) is 0 Å². The molecule has 0 bridgehead atoms. The van der Waals surface area contributed by atoms with Gasteiger partial charge in [0.2, 0.25) is 0 Å². The zero-order chi connectivity index (χ0) is 19.3. The molecule has 2 aromatic rings. The summed E-state index contributed by atoms with van der Waals surface area (Å²) in [5, 5.41) is 4.88. The van der Waals surface area contributed by atoms with E-state index in [1.54, 1.807) is 0 Å². The van der Waals surface area contributed by atoms with Gasteiger partial charge in [-0.1, -0.05) is 0 Å². The van der Waals surface area contributed by atoms with Crippen molar-refractivity contribution in [2.45, 2.75) is 58.6 Å².